The quantitative estimate of drug-likeness (QED) is 0.627. The molecule has 0 spiro atoms. The van der Waals surface area contributed by atoms with Crippen LogP contribution in [0.5, 0.6) is 5.75 Å². The van der Waals surface area contributed by atoms with Crippen LogP contribution in [0.15, 0.2) is 24.3 Å². The average molecular weight is 318 g/mol. The number of nitrogens with zero attached hydrogens (tertiary/aromatic N) is 1. The third-order valence-electron chi connectivity index (χ3n) is 3.62. The summed E-state index contributed by atoms with van der Waals surface area (Å²) in [6, 6.07) is 5.87. The highest BCUT2D eigenvalue weighted by atomic mass is 35.5. The highest BCUT2D eigenvalue weighted by Crippen LogP contribution is 2.31. The highest BCUT2D eigenvalue weighted by Gasteiger charge is 2.29. The molecule has 0 radical (unpaired) electrons. The molecule has 1 atom stereocenters. The highest BCUT2D eigenvalue weighted by molar-refractivity contribution is 6.31. The van der Waals surface area contributed by atoms with Gasteiger partial charge in [0.15, 0.2) is 0 Å². The van der Waals surface area contributed by atoms with E-state index in [1.165, 1.54) is 0 Å². The van der Waals surface area contributed by atoms with Crippen molar-refractivity contribution >= 4 is 23.2 Å². The van der Waals surface area contributed by atoms with Gasteiger partial charge in [-0.25, -0.2) is 0 Å². The standard InChI is InChI=1S/C18H20ClNO2/c1-4-6-11-22-14-7-8-15(13(3)12-14)17-10-9-16(19)18(21)20(17)5-2/h7-8,10,12,16H,5,9,11H2,1-3H3. The van der Waals surface area contributed by atoms with Crippen molar-refractivity contribution in [3.05, 3.63) is 35.4 Å². The maximum atomic E-state index is 12.2. The fraction of sp³-hybridized carbons (Fsp3) is 0.389. The van der Waals surface area contributed by atoms with Crippen molar-refractivity contribution in [1.29, 1.82) is 0 Å². The Balaban J connectivity index is 2.28. The Labute approximate surface area is 136 Å². The molecule has 1 aliphatic heterocycles. The molecule has 3 nitrogen and oxygen atoms in total. The van der Waals surface area contributed by atoms with Crippen LogP contribution < -0.4 is 4.74 Å². The molecule has 0 N–H and O–H groups in total. The largest absolute Gasteiger partial charge is 0.481 e. The predicted molar refractivity (Wildman–Crippen MR) is 89.7 cm³/mol. The van der Waals surface area contributed by atoms with Crippen molar-refractivity contribution in [2.75, 3.05) is 13.2 Å². The van der Waals surface area contributed by atoms with E-state index in [1.54, 1.807) is 11.8 Å². The van der Waals surface area contributed by atoms with Crippen LogP contribution in [0.2, 0.25) is 0 Å². The van der Waals surface area contributed by atoms with Gasteiger partial charge in [0.2, 0.25) is 5.91 Å². The van der Waals surface area contributed by atoms with Crippen LogP contribution in [0.25, 0.3) is 5.70 Å². The molecule has 1 aliphatic rings. The Morgan fingerprint density at radius 2 is 2.23 bits per heavy atom. The number of benzene rings is 1. The number of hydrogen-bond acceptors (Lipinski definition) is 2. The van der Waals surface area contributed by atoms with Crippen molar-refractivity contribution in [3.63, 3.8) is 0 Å². The van der Waals surface area contributed by atoms with E-state index >= 15 is 0 Å². The summed E-state index contributed by atoms with van der Waals surface area (Å²) in [5, 5.41) is -0.459. The number of carbonyl (C=O) groups is 1. The van der Waals surface area contributed by atoms with Crippen molar-refractivity contribution < 1.29 is 9.53 Å². The van der Waals surface area contributed by atoms with E-state index in [2.05, 4.69) is 11.8 Å². The molecule has 0 saturated carbocycles. The van der Waals surface area contributed by atoms with E-state index < -0.39 is 5.38 Å². The summed E-state index contributed by atoms with van der Waals surface area (Å²) in [4.78, 5) is 13.9. The number of allylic oxidation sites excluding steroid dienone is 1. The van der Waals surface area contributed by atoms with Gasteiger partial charge in [-0.2, -0.15) is 0 Å². The van der Waals surface area contributed by atoms with E-state index in [4.69, 9.17) is 16.3 Å². The molecule has 0 saturated heterocycles. The lowest BCUT2D eigenvalue weighted by atomic mass is 10.00. The first-order valence-electron chi connectivity index (χ1n) is 7.37. The zero-order valence-electron chi connectivity index (χ0n) is 13.1. The number of halogens is 1. The topological polar surface area (TPSA) is 29.5 Å². The minimum Gasteiger partial charge on any atom is -0.481 e. The van der Waals surface area contributed by atoms with Gasteiger partial charge in [0.05, 0.1) is 0 Å². The number of ether oxygens (including phenoxy) is 1. The summed E-state index contributed by atoms with van der Waals surface area (Å²) in [7, 11) is 0. The lowest BCUT2D eigenvalue weighted by Gasteiger charge is -2.31. The molecule has 1 heterocycles. The molecular weight excluding hydrogens is 298 g/mol. The number of amides is 1. The summed E-state index contributed by atoms with van der Waals surface area (Å²) in [5.41, 5.74) is 3.03. The minimum atomic E-state index is -0.459. The summed E-state index contributed by atoms with van der Waals surface area (Å²) in [5.74, 6) is 6.42. The van der Waals surface area contributed by atoms with Crippen molar-refractivity contribution in [2.45, 2.75) is 32.6 Å². The Bertz CT molecular complexity index is 655. The summed E-state index contributed by atoms with van der Waals surface area (Å²) < 4.78 is 5.57. The summed E-state index contributed by atoms with van der Waals surface area (Å²) in [6.45, 7) is 6.74. The summed E-state index contributed by atoms with van der Waals surface area (Å²) in [6.07, 6.45) is 2.60. The third-order valence-corrected chi connectivity index (χ3v) is 3.99. The molecule has 4 heteroatoms. The van der Waals surface area contributed by atoms with Crippen LogP contribution in [0.3, 0.4) is 0 Å². The minimum absolute atomic E-state index is 0.0281. The van der Waals surface area contributed by atoms with Gasteiger partial charge in [0.25, 0.3) is 0 Å². The Kier molecular flexibility index (Phi) is 5.51. The van der Waals surface area contributed by atoms with Gasteiger partial charge < -0.3 is 9.64 Å². The maximum absolute atomic E-state index is 12.2. The van der Waals surface area contributed by atoms with Crippen molar-refractivity contribution in [1.82, 2.24) is 4.90 Å². The Morgan fingerprint density at radius 3 is 2.86 bits per heavy atom. The molecule has 0 aliphatic carbocycles. The van der Waals surface area contributed by atoms with Gasteiger partial charge in [-0.15, -0.1) is 17.5 Å². The fourth-order valence-electron chi connectivity index (χ4n) is 2.50. The monoisotopic (exact) mass is 317 g/mol. The molecule has 1 unspecified atom stereocenters. The van der Waals surface area contributed by atoms with Gasteiger partial charge >= 0.3 is 0 Å². The molecule has 0 aromatic heterocycles. The van der Waals surface area contributed by atoms with Gasteiger partial charge in [-0.05, 0) is 51.0 Å². The Morgan fingerprint density at radius 1 is 1.45 bits per heavy atom. The van der Waals surface area contributed by atoms with Gasteiger partial charge in [-0.1, -0.05) is 12.0 Å². The lowest BCUT2D eigenvalue weighted by molar-refractivity contribution is -0.127. The number of alkyl halides is 1. The molecular formula is C18H20ClNO2. The second-order valence-electron chi connectivity index (χ2n) is 5.07. The van der Waals surface area contributed by atoms with Crippen LogP contribution in [-0.2, 0) is 4.79 Å². The molecule has 0 bridgehead atoms. The van der Waals surface area contributed by atoms with Gasteiger partial charge in [0.1, 0.15) is 17.7 Å². The zero-order chi connectivity index (χ0) is 16.1. The van der Waals surface area contributed by atoms with E-state index in [-0.39, 0.29) is 5.91 Å². The molecule has 22 heavy (non-hydrogen) atoms. The second-order valence-corrected chi connectivity index (χ2v) is 5.59. The van der Waals surface area contributed by atoms with E-state index in [9.17, 15) is 4.79 Å². The molecule has 1 aromatic rings. The molecule has 1 amide bonds. The van der Waals surface area contributed by atoms with Crippen LogP contribution >= 0.6 is 11.6 Å². The first-order chi connectivity index (χ1) is 10.6. The molecule has 116 valence electrons. The first kappa shape index (κ1) is 16.5. The van der Waals surface area contributed by atoms with Gasteiger partial charge in [-0.3, -0.25) is 4.79 Å². The zero-order valence-corrected chi connectivity index (χ0v) is 13.9. The number of rotatable bonds is 4. The summed E-state index contributed by atoms with van der Waals surface area (Å²) >= 11 is 6.06. The van der Waals surface area contributed by atoms with Crippen LogP contribution in [0.4, 0.5) is 0 Å². The van der Waals surface area contributed by atoms with E-state index in [0.717, 1.165) is 22.6 Å². The van der Waals surface area contributed by atoms with E-state index in [1.807, 2.05) is 38.1 Å². The number of carbonyl (C=O) groups excluding carboxylic acids is 1. The molecule has 2 rings (SSSR count). The number of aryl methyl sites for hydroxylation is 1. The average Bonchev–Trinajstić information content (AvgIpc) is 2.51. The predicted octanol–water partition coefficient (Wildman–Crippen LogP) is 3.60. The fourth-order valence-corrected chi connectivity index (χ4v) is 2.71. The maximum Gasteiger partial charge on any atom is 0.245 e. The Hall–Kier alpha value is -1.92. The molecule has 0 fully saturated rings. The number of hydrogen-bond donors (Lipinski definition) is 0. The second kappa shape index (κ2) is 7.38. The van der Waals surface area contributed by atoms with Crippen molar-refractivity contribution in [3.8, 4) is 17.6 Å². The lowest BCUT2D eigenvalue weighted by Crippen LogP contribution is -2.38. The normalized spacial score (nSPS) is 17.6. The van der Waals surface area contributed by atoms with Gasteiger partial charge in [0, 0.05) is 17.8 Å². The van der Waals surface area contributed by atoms with Crippen LogP contribution in [-0.4, -0.2) is 29.3 Å². The van der Waals surface area contributed by atoms with Crippen molar-refractivity contribution in [2.24, 2.45) is 0 Å². The van der Waals surface area contributed by atoms with Crippen LogP contribution in [0, 0.1) is 18.8 Å². The third kappa shape index (κ3) is 3.45. The molecule has 1 aromatic carbocycles. The SMILES string of the molecule is CC#CCOc1ccc(C2=CCC(Cl)C(=O)N2CC)c(C)c1. The van der Waals surface area contributed by atoms with Crippen LogP contribution in [0.1, 0.15) is 31.4 Å². The first-order valence-corrected chi connectivity index (χ1v) is 7.81. The van der Waals surface area contributed by atoms with E-state index in [0.29, 0.717) is 19.6 Å². The smallest absolute Gasteiger partial charge is 0.245 e.